The van der Waals surface area contributed by atoms with E-state index >= 15 is 0 Å². The average molecular weight is 218 g/mol. The van der Waals surface area contributed by atoms with Crippen LogP contribution in [0.1, 0.15) is 27.7 Å². The summed E-state index contributed by atoms with van der Waals surface area (Å²) in [5.41, 5.74) is 0.876. The average Bonchev–Trinajstić information content (AvgIpc) is 2.36. The molecule has 1 aliphatic rings. The SMILES string of the molecule is CC1(C)CB(c2ccccc2O)OC1(C)C. The van der Waals surface area contributed by atoms with Crippen LogP contribution in [-0.2, 0) is 4.65 Å². The van der Waals surface area contributed by atoms with Crippen molar-refractivity contribution in [2.45, 2.75) is 39.6 Å². The maximum absolute atomic E-state index is 9.83. The van der Waals surface area contributed by atoms with Crippen molar-refractivity contribution in [2.75, 3.05) is 0 Å². The fourth-order valence-corrected chi connectivity index (χ4v) is 2.20. The van der Waals surface area contributed by atoms with E-state index in [1.807, 2.05) is 18.2 Å². The van der Waals surface area contributed by atoms with Gasteiger partial charge in [0.2, 0.25) is 0 Å². The maximum atomic E-state index is 9.83. The first-order valence-electron chi connectivity index (χ1n) is 5.79. The minimum Gasteiger partial charge on any atom is -0.508 e. The normalized spacial score (nSPS) is 22.4. The third kappa shape index (κ3) is 1.73. The molecule has 1 aromatic rings. The van der Waals surface area contributed by atoms with Crippen molar-refractivity contribution in [3.63, 3.8) is 0 Å². The summed E-state index contributed by atoms with van der Waals surface area (Å²) in [6.45, 7) is 8.67. The largest absolute Gasteiger partial charge is 0.508 e. The Kier molecular flexibility index (Phi) is 2.54. The highest BCUT2D eigenvalue weighted by molar-refractivity contribution is 6.69. The molecule has 1 heterocycles. The predicted octanol–water partition coefficient (Wildman–Crippen LogP) is 2.43. The van der Waals surface area contributed by atoms with Crippen molar-refractivity contribution in [1.82, 2.24) is 0 Å². The van der Waals surface area contributed by atoms with E-state index in [9.17, 15) is 5.11 Å². The molecular weight excluding hydrogens is 199 g/mol. The van der Waals surface area contributed by atoms with Crippen molar-refractivity contribution in [3.8, 4) is 5.75 Å². The molecule has 0 amide bonds. The molecule has 16 heavy (non-hydrogen) atoms. The van der Waals surface area contributed by atoms with Gasteiger partial charge in [0.25, 0.3) is 0 Å². The molecular formula is C13H19BO2. The number of benzene rings is 1. The second kappa shape index (κ2) is 3.52. The first kappa shape index (κ1) is 11.5. The lowest BCUT2D eigenvalue weighted by atomic mass is 9.54. The molecule has 0 unspecified atom stereocenters. The molecule has 0 bridgehead atoms. The second-order valence-electron chi connectivity index (χ2n) is 5.76. The highest BCUT2D eigenvalue weighted by Crippen LogP contribution is 2.45. The molecule has 86 valence electrons. The van der Waals surface area contributed by atoms with Gasteiger partial charge in [0.05, 0.1) is 5.60 Å². The topological polar surface area (TPSA) is 29.5 Å². The van der Waals surface area contributed by atoms with Crippen LogP contribution in [0.25, 0.3) is 0 Å². The van der Waals surface area contributed by atoms with E-state index in [2.05, 4.69) is 27.7 Å². The van der Waals surface area contributed by atoms with Crippen LogP contribution in [0.3, 0.4) is 0 Å². The molecule has 0 aromatic heterocycles. The molecule has 1 fully saturated rings. The quantitative estimate of drug-likeness (QED) is 0.733. The minimum atomic E-state index is -0.153. The number of phenols is 1. The van der Waals surface area contributed by atoms with Crippen molar-refractivity contribution >= 4 is 12.4 Å². The Morgan fingerprint density at radius 2 is 1.81 bits per heavy atom. The van der Waals surface area contributed by atoms with Gasteiger partial charge in [0, 0.05) is 0 Å². The number of aromatic hydroxyl groups is 1. The van der Waals surface area contributed by atoms with Crippen molar-refractivity contribution in [1.29, 1.82) is 0 Å². The summed E-state index contributed by atoms with van der Waals surface area (Å²) >= 11 is 0. The summed E-state index contributed by atoms with van der Waals surface area (Å²) < 4.78 is 6.07. The van der Waals surface area contributed by atoms with E-state index < -0.39 is 0 Å². The van der Waals surface area contributed by atoms with Crippen LogP contribution in [0.2, 0.25) is 6.32 Å². The number of phenolic OH excluding ortho intramolecular Hbond substituents is 1. The van der Waals surface area contributed by atoms with Crippen LogP contribution in [0.15, 0.2) is 24.3 Å². The number of para-hydroxylation sites is 1. The van der Waals surface area contributed by atoms with Crippen LogP contribution < -0.4 is 5.46 Å². The highest BCUT2D eigenvalue weighted by Gasteiger charge is 2.50. The van der Waals surface area contributed by atoms with Crippen molar-refractivity contribution in [3.05, 3.63) is 24.3 Å². The molecule has 0 radical (unpaired) electrons. The third-order valence-electron chi connectivity index (χ3n) is 4.05. The smallest absolute Gasteiger partial charge is 0.331 e. The fraction of sp³-hybridized carbons (Fsp3) is 0.538. The molecule has 1 saturated heterocycles. The van der Waals surface area contributed by atoms with Gasteiger partial charge < -0.3 is 9.76 Å². The minimum absolute atomic E-state index is 0.00574. The third-order valence-corrected chi connectivity index (χ3v) is 4.05. The van der Waals surface area contributed by atoms with E-state index in [1.165, 1.54) is 0 Å². The fourth-order valence-electron chi connectivity index (χ4n) is 2.20. The summed E-state index contributed by atoms with van der Waals surface area (Å²) in [6, 6.07) is 7.44. The number of hydrogen-bond acceptors (Lipinski definition) is 2. The van der Waals surface area contributed by atoms with E-state index in [1.54, 1.807) is 6.07 Å². The summed E-state index contributed by atoms with van der Waals surface area (Å²) in [5.74, 6) is 0.334. The lowest BCUT2D eigenvalue weighted by Crippen LogP contribution is -2.36. The van der Waals surface area contributed by atoms with Gasteiger partial charge in [0.1, 0.15) is 5.75 Å². The number of hydrogen-bond donors (Lipinski definition) is 1. The lowest BCUT2D eigenvalue weighted by molar-refractivity contribution is 0.0375. The zero-order chi connectivity index (χ0) is 12.0. The van der Waals surface area contributed by atoms with E-state index in [-0.39, 0.29) is 17.9 Å². The molecule has 0 spiro atoms. The van der Waals surface area contributed by atoms with Crippen LogP contribution in [-0.4, -0.2) is 17.6 Å². The Balaban J connectivity index is 2.31. The Bertz CT molecular complexity index is 383. The van der Waals surface area contributed by atoms with E-state index in [0.717, 1.165) is 11.8 Å². The Hall–Kier alpha value is -0.955. The Morgan fingerprint density at radius 1 is 1.19 bits per heavy atom. The van der Waals surface area contributed by atoms with Gasteiger partial charge >= 0.3 is 6.92 Å². The zero-order valence-corrected chi connectivity index (χ0v) is 10.4. The molecule has 0 atom stereocenters. The van der Waals surface area contributed by atoms with Gasteiger partial charge in [-0.1, -0.05) is 32.0 Å². The van der Waals surface area contributed by atoms with E-state index in [4.69, 9.17) is 4.65 Å². The predicted molar refractivity (Wildman–Crippen MR) is 67.2 cm³/mol. The van der Waals surface area contributed by atoms with Gasteiger partial charge in [-0.3, -0.25) is 0 Å². The molecule has 1 aromatic carbocycles. The summed E-state index contributed by atoms with van der Waals surface area (Å²) in [5, 5.41) is 9.83. The maximum Gasteiger partial charge on any atom is 0.331 e. The van der Waals surface area contributed by atoms with Crippen LogP contribution in [0.5, 0.6) is 5.75 Å². The lowest BCUT2D eigenvalue weighted by Gasteiger charge is -2.34. The molecule has 3 heteroatoms. The zero-order valence-electron chi connectivity index (χ0n) is 10.4. The summed E-state index contributed by atoms with van der Waals surface area (Å²) in [7, 11) is 0. The van der Waals surface area contributed by atoms with Gasteiger partial charge in [-0.2, -0.15) is 0 Å². The van der Waals surface area contributed by atoms with Crippen LogP contribution in [0, 0.1) is 5.41 Å². The number of rotatable bonds is 1. The Morgan fingerprint density at radius 3 is 2.31 bits per heavy atom. The van der Waals surface area contributed by atoms with E-state index in [0.29, 0.717) is 5.75 Å². The Labute approximate surface area is 97.7 Å². The van der Waals surface area contributed by atoms with Crippen molar-refractivity contribution < 1.29 is 9.76 Å². The van der Waals surface area contributed by atoms with Gasteiger partial charge in [0.15, 0.2) is 0 Å². The first-order valence-corrected chi connectivity index (χ1v) is 5.79. The molecule has 0 saturated carbocycles. The second-order valence-corrected chi connectivity index (χ2v) is 5.76. The molecule has 2 nitrogen and oxygen atoms in total. The van der Waals surface area contributed by atoms with Gasteiger partial charge in [-0.15, -0.1) is 0 Å². The molecule has 1 N–H and O–H groups in total. The van der Waals surface area contributed by atoms with Crippen molar-refractivity contribution in [2.24, 2.45) is 5.41 Å². The van der Waals surface area contributed by atoms with Crippen LogP contribution in [0.4, 0.5) is 0 Å². The summed E-state index contributed by atoms with van der Waals surface area (Å²) in [4.78, 5) is 0. The molecule has 1 aliphatic heterocycles. The van der Waals surface area contributed by atoms with Gasteiger partial charge in [-0.25, -0.2) is 0 Å². The molecule has 0 aliphatic carbocycles. The van der Waals surface area contributed by atoms with Gasteiger partial charge in [-0.05, 0) is 37.1 Å². The summed E-state index contributed by atoms with van der Waals surface area (Å²) in [6.07, 6.45) is 0.942. The highest BCUT2D eigenvalue weighted by atomic mass is 16.5. The monoisotopic (exact) mass is 218 g/mol. The first-order chi connectivity index (χ1) is 7.33. The molecule has 2 rings (SSSR count). The van der Waals surface area contributed by atoms with Crippen LogP contribution >= 0.6 is 0 Å². The standard InChI is InChI=1S/C13H19BO2/c1-12(2)9-14(16-13(12,3)4)10-7-5-6-8-11(10)15/h5-8,15H,9H2,1-4H3.